The van der Waals surface area contributed by atoms with E-state index in [2.05, 4.69) is 15.6 Å². The van der Waals surface area contributed by atoms with Crippen LogP contribution in [0.15, 0.2) is 30.7 Å². The molecule has 0 saturated carbocycles. The standard InChI is InChI=1S/C19H24FN5O2/c1-12-6-13(4-5-15(12)20)9-25-10-14(7-16(25)18(26)21-2)23-19(27)17-8-22-11-24(17)3/h4-6,8,11,14,16H,7,9-10H2,1-3H3,(H,21,26)(H,23,27). The number of carbonyl (C=O) groups is 2. The lowest BCUT2D eigenvalue weighted by atomic mass is 10.1. The first-order chi connectivity index (χ1) is 12.9. The number of imidazole rings is 1. The zero-order valence-electron chi connectivity index (χ0n) is 15.7. The van der Waals surface area contributed by atoms with E-state index >= 15 is 0 Å². The molecule has 0 bridgehead atoms. The van der Waals surface area contributed by atoms with Crippen LogP contribution in [0.2, 0.25) is 0 Å². The van der Waals surface area contributed by atoms with Gasteiger partial charge in [0.15, 0.2) is 0 Å². The third kappa shape index (κ3) is 4.16. The lowest BCUT2D eigenvalue weighted by Crippen LogP contribution is -2.41. The van der Waals surface area contributed by atoms with Gasteiger partial charge in [0.1, 0.15) is 11.5 Å². The highest BCUT2D eigenvalue weighted by molar-refractivity contribution is 5.92. The van der Waals surface area contributed by atoms with Gasteiger partial charge in [-0.15, -0.1) is 0 Å². The number of nitrogens with one attached hydrogen (secondary N) is 2. The second-order valence-electron chi connectivity index (χ2n) is 6.94. The SMILES string of the molecule is CNC(=O)C1CC(NC(=O)c2cncn2C)CN1Cc1ccc(F)c(C)c1. The fraction of sp³-hybridized carbons (Fsp3) is 0.421. The number of benzene rings is 1. The summed E-state index contributed by atoms with van der Waals surface area (Å²) in [6, 6.07) is 4.45. The molecule has 1 saturated heterocycles. The molecule has 7 nitrogen and oxygen atoms in total. The van der Waals surface area contributed by atoms with Gasteiger partial charge in [0, 0.05) is 33.2 Å². The Morgan fingerprint density at radius 2 is 2.15 bits per heavy atom. The van der Waals surface area contributed by atoms with Crippen molar-refractivity contribution in [3.63, 3.8) is 0 Å². The molecule has 1 fully saturated rings. The van der Waals surface area contributed by atoms with E-state index in [1.807, 2.05) is 4.90 Å². The fourth-order valence-electron chi connectivity index (χ4n) is 3.50. The average molecular weight is 373 g/mol. The number of nitrogens with zero attached hydrogens (tertiary/aromatic N) is 3. The Balaban J connectivity index is 1.72. The van der Waals surface area contributed by atoms with Gasteiger partial charge in [-0.3, -0.25) is 14.5 Å². The van der Waals surface area contributed by atoms with Gasteiger partial charge in [0.25, 0.3) is 5.91 Å². The lowest BCUT2D eigenvalue weighted by Gasteiger charge is -2.23. The van der Waals surface area contributed by atoms with Crippen molar-refractivity contribution in [2.24, 2.45) is 7.05 Å². The van der Waals surface area contributed by atoms with Crippen LogP contribution >= 0.6 is 0 Å². The number of hydrogen-bond acceptors (Lipinski definition) is 4. The van der Waals surface area contributed by atoms with Gasteiger partial charge in [-0.05, 0) is 30.5 Å². The Hall–Kier alpha value is -2.74. The predicted molar refractivity (Wildman–Crippen MR) is 98.5 cm³/mol. The average Bonchev–Trinajstić information content (AvgIpc) is 3.23. The molecule has 2 aromatic rings. The Kier molecular flexibility index (Phi) is 5.55. The summed E-state index contributed by atoms with van der Waals surface area (Å²) in [5, 5.41) is 5.67. The molecule has 2 amide bonds. The van der Waals surface area contributed by atoms with Crippen LogP contribution in [-0.4, -0.2) is 51.9 Å². The number of carbonyl (C=O) groups excluding carboxylic acids is 2. The molecule has 27 heavy (non-hydrogen) atoms. The minimum absolute atomic E-state index is 0.0916. The van der Waals surface area contributed by atoms with Crippen molar-refractivity contribution < 1.29 is 14.0 Å². The van der Waals surface area contributed by atoms with E-state index in [9.17, 15) is 14.0 Å². The largest absolute Gasteiger partial charge is 0.358 e. The highest BCUT2D eigenvalue weighted by Crippen LogP contribution is 2.22. The molecular weight excluding hydrogens is 349 g/mol. The van der Waals surface area contributed by atoms with E-state index < -0.39 is 0 Å². The van der Waals surface area contributed by atoms with Crippen LogP contribution in [0.25, 0.3) is 0 Å². The van der Waals surface area contributed by atoms with Gasteiger partial charge in [0.05, 0.1) is 18.6 Å². The zero-order valence-corrected chi connectivity index (χ0v) is 15.7. The second kappa shape index (κ2) is 7.87. The summed E-state index contributed by atoms with van der Waals surface area (Å²) < 4.78 is 15.2. The first-order valence-corrected chi connectivity index (χ1v) is 8.87. The van der Waals surface area contributed by atoms with Crippen molar-refractivity contribution in [2.45, 2.75) is 32.0 Å². The van der Waals surface area contributed by atoms with Gasteiger partial charge >= 0.3 is 0 Å². The lowest BCUT2D eigenvalue weighted by molar-refractivity contribution is -0.125. The molecule has 2 heterocycles. The molecule has 144 valence electrons. The van der Waals surface area contributed by atoms with E-state index in [0.717, 1.165) is 5.56 Å². The van der Waals surface area contributed by atoms with Gasteiger partial charge in [0.2, 0.25) is 5.91 Å². The van der Waals surface area contributed by atoms with Gasteiger partial charge in [-0.1, -0.05) is 12.1 Å². The van der Waals surface area contributed by atoms with Crippen molar-refractivity contribution in [3.05, 3.63) is 53.4 Å². The molecule has 0 spiro atoms. The van der Waals surface area contributed by atoms with E-state index in [1.165, 1.54) is 12.3 Å². The third-order valence-corrected chi connectivity index (χ3v) is 4.95. The highest BCUT2D eigenvalue weighted by Gasteiger charge is 2.37. The van der Waals surface area contributed by atoms with Crippen LogP contribution < -0.4 is 10.6 Å². The molecule has 1 aromatic carbocycles. The highest BCUT2D eigenvalue weighted by atomic mass is 19.1. The first kappa shape index (κ1) is 19.0. The monoisotopic (exact) mass is 373 g/mol. The van der Waals surface area contributed by atoms with Gasteiger partial charge in [-0.2, -0.15) is 0 Å². The third-order valence-electron chi connectivity index (χ3n) is 4.95. The number of amides is 2. The molecule has 1 aliphatic heterocycles. The summed E-state index contributed by atoms with van der Waals surface area (Å²) in [6.45, 7) is 2.77. The quantitative estimate of drug-likeness (QED) is 0.819. The number of aromatic nitrogens is 2. The summed E-state index contributed by atoms with van der Waals surface area (Å²) in [5.74, 6) is -0.550. The van der Waals surface area contributed by atoms with Crippen LogP contribution in [-0.2, 0) is 18.4 Å². The van der Waals surface area contributed by atoms with E-state index in [0.29, 0.717) is 30.8 Å². The van der Waals surface area contributed by atoms with Crippen LogP contribution in [0.1, 0.15) is 28.0 Å². The number of likely N-dealkylation sites (tertiary alicyclic amines) is 1. The number of hydrogen-bond donors (Lipinski definition) is 2. The number of rotatable bonds is 5. The summed E-state index contributed by atoms with van der Waals surface area (Å²) in [4.78, 5) is 30.7. The van der Waals surface area contributed by atoms with E-state index in [-0.39, 0.29) is 29.7 Å². The Bertz CT molecular complexity index is 850. The Labute approximate surface area is 157 Å². The molecule has 0 radical (unpaired) electrons. The van der Waals surface area contributed by atoms with Crippen molar-refractivity contribution in [1.82, 2.24) is 25.1 Å². The van der Waals surface area contributed by atoms with Crippen LogP contribution in [0.3, 0.4) is 0 Å². The summed E-state index contributed by atoms with van der Waals surface area (Å²) >= 11 is 0. The second-order valence-corrected chi connectivity index (χ2v) is 6.94. The van der Waals surface area contributed by atoms with Crippen molar-refractivity contribution in [2.75, 3.05) is 13.6 Å². The van der Waals surface area contributed by atoms with Crippen LogP contribution in [0.4, 0.5) is 4.39 Å². The Morgan fingerprint density at radius 1 is 1.37 bits per heavy atom. The maximum absolute atomic E-state index is 13.5. The van der Waals surface area contributed by atoms with Crippen LogP contribution in [0.5, 0.6) is 0 Å². The summed E-state index contributed by atoms with van der Waals surface area (Å²) in [5.41, 5.74) is 1.98. The predicted octanol–water partition coefficient (Wildman–Crippen LogP) is 0.987. The van der Waals surface area contributed by atoms with E-state index in [4.69, 9.17) is 0 Å². The number of aryl methyl sites for hydroxylation is 2. The topological polar surface area (TPSA) is 79.3 Å². The smallest absolute Gasteiger partial charge is 0.269 e. The molecule has 0 aliphatic carbocycles. The van der Waals surface area contributed by atoms with Crippen LogP contribution in [0, 0.1) is 12.7 Å². The van der Waals surface area contributed by atoms with Crippen molar-refractivity contribution in [1.29, 1.82) is 0 Å². The molecular formula is C19H24FN5O2. The minimum atomic E-state index is -0.350. The first-order valence-electron chi connectivity index (χ1n) is 8.87. The molecule has 8 heteroatoms. The summed E-state index contributed by atoms with van der Waals surface area (Å²) in [7, 11) is 3.36. The van der Waals surface area contributed by atoms with E-state index in [1.54, 1.807) is 44.0 Å². The molecule has 2 unspecified atom stereocenters. The number of halogens is 1. The molecule has 2 atom stereocenters. The molecule has 2 N–H and O–H groups in total. The van der Waals surface area contributed by atoms with Gasteiger partial charge in [-0.25, -0.2) is 9.37 Å². The number of likely N-dealkylation sites (N-methyl/N-ethyl adjacent to an activating group) is 1. The zero-order chi connectivity index (χ0) is 19.6. The summed E-state index contributed by atoms with van der Waals surface area (Å²) in [6.07, 6.45) is 3.60. The molecule has 3 rings (SSSR count). The molecule has 1 aromatic heterocycles. The Morgan fingerprint density at radius 3 is 2.78 bits per heavy atom. The maximum atomic E-state index is 13.5. The normalized spacial score (nSPS) is 19.9. The maximum Gasteiger partial charge on any atom is 0.269 e. The molecule has 1 aliphatic rings. The fourth-order valence-corrected chi connectivity index (χ4v) is 3.50. The van der Waals surface area contributed by atoms with Gasteiger partial charge < -0.3 is 15.2 Å². The minimum Gasteiger partial charge on any atom is -0.358 e. The van der Waals surface area contributed by atoms with Crippen molar-refractivity contribution in [3.8, 4) is 0 Å². The van der Waals surface area contributed by atoms with Crippen molar-refractivity contribution >= 4 is 11.8 Å².